The van der Waals surface area contributed by atoms with E-state index < -0.39 is 22.8 Å². The first kappa shape index (κ1) is 22.5. The highest BCUT2D eigenvalue weighted by atomic mass is 32.1. The summed E-state index contributed by atoms with van der Waals surface area (Å²) in [5, 5.41) is 10.0. The number of para-hydroxylation sites is 1. The molecule has 0 atom stereocenters. The standard InChI is InChI=1S/C23H23N3O6S/c1-13-16-19(27)26(23(2,3)21(28)29)22(30)25(11-9-14-7-5-6-8-15(14)31-4)20(16)33-17(13)18-24-10-12-32-18/h5-8,10,12H,9,11H2,1-4H3,(H,28,29). The van der Waals surface area contributed by atoms with Crippen LogP contribution in [-0.2, 0) is 23.3 Å². The minimum atomic E-state index is -1.74. The van der Waals surface area contributed by atoms with Gasteiger partial charge < -0.3 is 14.3 Å². The zero-order valence-electron chi connectivity index (χ0n) is 18.6. The predicted molar refractivity (Wildman–Crippen MR) is 124 cm³/mol. The Balaban J connectivity index is 1.99. The molecule has 0 aliphatic rings. The lowest BCUT2D eigenvalue weighted by Gasteiger charge is -2.23. The number of carbonyl (C=O) groups is 1. The van der Waals surface area contributed by atoms with Gasteiger partial charge in [-0.1, -0.05) is 18.2 Å². The van der Waals surface area contributed by atoms with Gasteiger partial charge in [-0.25, -0.2) is 19.1 Å². The maximum Gasteiger partial charge on any atom is 0.333 e. The summed E-state index contributed by atoms with van der Waals surface area (Å²) >= 11 is 1.22. The third kappa shape index (κ3) is 3.66. The van der Waals surface area contributed by atoms with Crippen molar-refractivity contribution in [2.45, 2.75) is 39.3 Å². The Morgan fingerprint density at radius 1 is 1.27 bits per heavy atom. The minimum absolute atomic E-state index is 0.219. The quantitative estimate of drug-likeness (QED) is 0.442. The first-order valence-electron chi connectivity index (χ1n) is 10.2. The molecule has 0 spiro atoms. The number of aromatic nitrogens is 3. The number of ether oxygens (including phenoxy) is 1. The molecule has 0 fully saturated rings. The van der Waals surface area contributed by atoms with Crippen LogP contribution in [0.5, 0.6) is 5.75 Å². The maximum absolute atomic E-state index is 13.5. The number of fused-ring (bicyclic) bond motifs is 1. The second-order valence-electron chi connectivity index (χ2n) is 8.07. The first-order valence-corrected chi connectivity index (χ1v) is 11.0. The number of benzene rings is 1. The smallest absolute Gasteiger partial charge is 0.333 e. The van der Waals surface area contributed by atoms with E-state index in [4.69, 9.17) is 9.15 Å². The van der Waals surface area contributed by atoms with Crippen molar-refractivity contribution in [3.05, 3.63) is 68.7 Å². The molecule has 0 amide bonds. The van der Waals surface area contributed by atoms with E-state index in [2.05, 4.69) is 4.98 Å². The van der Waals surface area contributed by atoms with Gasteiger partial charge in [-0.15, -0.1) is 11.3 Å². The van der Waals surface area contributed by atoms with Crippen LogP contribution in [0.1, 0.15) is 25.0 Å². The minimum Gasteiger partial charge on any atom is -0.496 e. The Kier molecular flexibility index (Phi) is 5.71. The van der Waals surface area contributed by atoms with Gasteiger partial charge in [-0.2, -0.15) is 0 Å². The van der Waals surface area contributed by atoms with Crippen LogP contribution in [0.25, 0.3) is 21.0 Å². The lowest BCUT2D eigenvalue weighted by atomic mass is 10.1. The maximum atomic E-state index is 13.5. The third-order valence-corrected chi connectivity index (χ3v) is 7.02. The van der Waals surface area contributed by atoms with Crippen LogP contribution in [0.4, 0.5) is 0 Å². The summed E-state index contributed by atoms with van der Waals surface area (Å²) in [5.74, 6) is -0.261. The number of nitrogens with zero attached hydrogens (tertiary/aromatic N) is 3. The van der Waals surface area contributed by atoms with Crippen LogP contribution < -0.4 is 16.0 Å². The molecule has 4 rings (SSSR count). The average Bonchev–Trinajstić information content (AvgIpc) is 3.41. The molecule has 10 heteroatoms. The first-order chi connectivity index (χ1) is 15.7. The fourth-order valence-corrected chi connectivity index (χ4v) is 5.07. The van der Waals surface area contributed by atoms with Crippen molar-refractivity contribution in [1.29, 1.82) is 0 Å². The number of oxazole rings is 1. The number of carboxylic acid groups (broad SMARTS) is 1. The van der Waals surface area contributed by atoms with Crippen LogP contribution in [0.3, 0.4) is 0 Å². The molecule has 3 heterocycles. The Labute approximate surface area is 192 Å². The van der Waals surface area contributed by atoms with Crippen molar-refractivity contribution in [2.75, 3.05) is 7.11 Å². The molecule has 4 aromatic rings. The highest BCUT2D eigenvalue weighted by Crippen LogP contribution is 2.36. The Bertz CT molecular complexity index is 1460. The van der Waals surface area contributed by atoms with Crippen molar-refractivity contribution in [3.63, 3.8) is 0 Å². The van der Waals surface area contributed by atoms with Gasteiger partial charge in [0.2, 0.25) is 5.89 Å². The second kappa shape index (κ2) is 8.36. The number of carboxylic acids is 1. The van der Waals surface area contributed by atoms with Gasteiger partial charge in [-0.3, -0.25) is 9.36 Å². The molecule has 1 aromatic carbocycles. The van der Waals surface area contributed by atoms with Crippen molar-refractivity contribution in [1.82, 2.24) is 14.1 Å². The summed E-state index contributed by atoms with van der Waals surface area (Å²) in [6.45, 7) is 4.64. The molecule has 0 unspecified atom stereocenters. The van der Waals surface area contributed by atoms with Gasteiger partial charge >= 0.3 is 11.7 Å². The van der Waals surface area contributed by atoms with E-state index in [0.29, 0.717) is 33.3 Å². The van der Waals surface area contributed by atoms with Gasteiger partial charge in [0.25, 0.3) is 5.56 Å². The van der Waals surface area contributed by atoms with Crippen molar-refractivity contribution in [2.24, 2.45) is 0 Å². The van der Waals surface area contributed by atoms with Crippen LogP contribution >= 0.6 is 11.3 Å². The molecular formula is C23H23N3O6S. The molecule has 1 N–H and O–H groups in total. The lowest BCUT2D eigenvalue weighted by Crippen LogP contribution is -2.52. The van der Waals surface area contributed by atoms with Crippen LogP contribution in [-0.4, -0.2) is 32.3 Å². The van der Waals surface area contributed by atoms with Crippen LogP contribution in [0, 0.1) is 6.92 Å². The van der Waals surface area contributed by atoms with Crippen LogP contribution in [0.2, 0.25) is 0 Å². The van der Waals surface area contributed by atoms with E-state index in [1.807, 2.05) is 24.3 Å². The van der Waals surface area contributed by atoms with E-state index in [-0.39, 0.29) is 11.9 Å². The highest BCUT2D eigenvalue weighted by molar-refractivity contribution is 7.22. The summed E-state index contributed by atoms with van der Waals surface area (Å²) in [4.78, 5) is 44.2. The molecule has 9 nitrogen and oxygen atoms in total. The fraction of sp³-hybridized carbons (Fsp3) is 0.304. The topological polar surface area (TPSA) is 117 Å². The van der Waals surface area contributed by atoms with Gasteiger partial charge in [0.15, 0.2) is 0 Å². The van der Waals surface area contributed by atoms with Crippen molar-refractivity contribution in [3.8, 4) is 16.5 Å². The summed E-state index contributed by atoms with van der Waals surface area (Å²) < 4.78 is 13.1. The Morgan fingerprint density at radius 3 is 2.64 bits per heavy atom. The molecule has 0 bridgehead atoms. The van der Waals surface area contributed by atoms with Crippen molar-refractivity contribution < 1.29 is 19.1 Å². The summed E-state index contributed by atoms with van der Waals surface area (Å²) in [5.41, 5.74) is -1.61. The lowest BCUT2D eigenvalue weighted by molar-refractivity contribution is -0.146. The zero-order valence-corrected chi connectivity index (χ0v) is 19.4. The third-order valence-electron chi connectivity index (χ3n) is 5.72. The zero-order chi connectivity index (χ0) is 23.9. The molecule has 0 aliphatic heterocycles. The monoisotopic (exact) mass is 469 g/mol. The van der Waals surface area contributed by atoms with E-state index in [0.717, 1.165) is 10.1 Å². The molecule has 0 radical (unpaired) electrons. The molecule has 0 aliphatic carbocycles. The number of rotatable bonds is 7. The van der Waals surface area contributed by atoms with E-state index in [1.165, 1.54) is 42.2 Å². The van der Waals surface area contributed by atoms with Gasteiger partial charge in [0.05, 0.1) is 23.6 Å². The molecule has 3 aromatic heterocycles. The molecular weight excluding hydrogens is 446 g/mol. The average molecular weight is 470 g/mol. The molecule has 172 valence electrons. The highest BCUT2D eigenvalue weighted by Gasteiger charge is 2.35. The molecule has 33 heavy (non-hydrogen) atoms. The molecule has 0 saturated heterocycles. The normalized spacial score (nSPS) is 11.8. The largest absolute Gasteiger partial charge is 0.496 e. The number of hydrogen-bond donors (Lipinski definition) is 1. The van der Waals surface area contributed by atoms with Crippen LogP contribution in [0.15, 0.2) is 50.7 Å². The Hall–Kier alpha value is -3.66. The van der Waals surface area contributed by atoms with Crippen molar-refractivity contribution >= 4 is 27.5 Å². The van der Waals surface area contributed by atoms with Gasteiger partial charge in [0, 0.05) is 6.54 Å². The molecule has 0 saturated carbocycles. The summed E-state index contributed by atoms with van der Waals surface area (Å²) in [6, 6.07) is 7.46. The number of aryl methyl sites for hydroxylation is 3. The SMILES string of the molecule is COc1ccccc1CCn1c(=O)n(C(C)(C)C(=O)O)c(=O)c2c(C)c(-c3ncco3)sc21. The number of aliphatic carboxylic acids is 1. The van der Waals surface area contributed by atoms with Gasteiger partial charge in [-0.05, 0) is 44.4 Å². The number of hydrogen-bond acceptors (Lipinski definition) is 7. The Morgan fingerprint density at radius 2 is 2.00 bits per heavy atom. The van der Waals surface area contributed by atoms with Gasteiger partial charge in [0.1, 0.15) is 22.4 Å². The number of thiophene rings is 1. The van der Waals surface area contributed by atoms with E-state index in [9.17, 15) is 19.5 Å². The summed E-state index contributed by atoms with van der Waals surface area (Å²) in [6.07, 6.45) is 3.37. The van der Waals surface area contributed by atoms with E-state index >= 15 is 0 Å². The predicted octanol–water partition coefficient (Wildman–Crippen LogP) is 3.26. The number of methoxy groups -OCH3 is 1. The van der Waals surface area contributed by atoms with E-state index in [1.54, 1.807) is 14.0 Å². The second-order valence-corrected chi connectivity index (χ2v) is 9.07. The fourth-order valence-electron chi connectivity index (χ4n) is 3.81. The summed E-state index contributed by atoms with van der Waals surface area (Å²) in [7, 11) is 1.57.